The maximum atomic E-state index is 4.00. The van der Waals surface area contributed by atoms with Crippen molar-refractivity contribution in [1.29, 1.82) is 0 Å². The van der Waals surface area contributed by atoms with Crippen molar-refractivity contribution in [2.45, 2.75) is 94.4 Å². The topological polar surface area (TPSA) is 0 Å². The first kappa shape index (κ1) is 22.8. The molecule has 0 aliphatic heterocycles. The number of hydrogen-bond donors (Lipinski definition) is 0. The molecule has 2 aliphatic carbocycles. The van der Waals surface area contributed by atoms with Crippen LogP contribution >= 0.6 is 0 Å². The largest absolute Gasteiger partial charge is 0.124 e. The monoisotopic (exact) mass is 294 g/mol. The average Bonchev–Trinajstić information content (AvgIpc) is 2.77. The van der Waals surface area contributed by atoms with Crippen molar-refractivity contribution in [1.82, 2.24) is 0 Å². The maximum absolute atomic E-state index is 4.00. The van der Waals surface area contributed by atoms with Gasteiger partial charge < -0.3 is 0 Å². The zero-order valence-electron chi connectivity index (χ0n) is 15.1. The van der Waals surface area contributed by atoms with Gasteiger partial charge in [-0.2, -0.15) is 0 Å². The molecule has 0 aromatic carbocycles. The fraction of sp³-hybridized carbons (Fsp3) is 0.905. The van der Waals surface area contributed by atoms with Crippen molar-refractivity contribution in [3.8, 4) is 12.8 Å². The summed E-state index contributed by atoms with van der Waals surface area (Å²) in [6.07, 6.45) is 16.8. The van der Waals surface area contributed by atoms with E-state index < -0.39 is 0 Å². The first-order chi connectivity index (χ1) is 9.45. The highest BCUT2D eigenvalue weighted by molar-refractivity contribution is 5.07. The van der Waals surface area contributed by atoms with Gasteiger partial charge >= 0.3 is 0 Å². The van der Waals surface area contributed by atoms with Crippen molar-refractivity contribution in [2.24, 2.45) is 28.6 Å². The van der Waals surface area contributed by atoms with E-state index in [2.05, 4.69) is 47.5 Å². The first-order valence-electron chi connectivity index (χ1n) is 8.79. The van der Waals surface area contributed by atoms with Crippen LogP contribution in [0.25, 0.3) is 0 Å². The molecule has 126 valence electrons. The molecule has 0 aromatic rings. The molecule has 21 heavy (non-hydrogen) atoms. The molecule has 0 spiro atoms. The van der Waals surface area contributed by atoms with E-state index in [9.17, 15) is 0 Å². The molecule has 0 radical (unpaired) electrons. The number of hydrogen-bond acceptors (Lipinski definition) is 0. The summed E-state index contributed by atoms with van der Waals surface area (Å²) in [5.41, 5.74) is 1.28. The van der Waals surface area contributed by atoms with Crippen LogP contribution in [0.2, 0.25) is 0 Å². The van der Waals surface area contributed by atoms with Gasteiger partial charge in [-0.05, 0) is 47.8 Å². The molecular weight excluding hydrogens is 252 g/mol. The molecule has 5 atom stereocenters. The fourth-order valence-corrected chi connectivity index (χ4v) is 5.05. The van der Waals surface area contributed by atoms with E-state index >= 15 is 0 Å². The van der Waals surface area contributed by atoms with Crippen molar-refractivity contribution in [3.05, 3.63) is 0 Å². The summed E-state index contributed by atoms with van der Waals surface area (Å²) in [6.45, 7) is 16.6. The second kappa shape index (κ2) is 9.55. The quantitative estimate of drug-likeness (QED) is 0.473. The van der Waals surface area contributed by atoms with Gasteiger partial charge in [0.1, 0.15) is 0 Å². The molecule has 0 heteroatoms. The van der Waals surface area contributed by atoms with Crippen LogP contribution in [-0.2, 0) is 0 Å². The number of terminal acetylenes is 1. The van der Waals surface area contributed by atoms with Crippen LogP contribution in [0.5, 0.6) is 0 Å². The standard InChI is InChI=1S/C16H30.C2H6.C2H2.CH4/c1-6-12(2)14-9-11-15(4)13(3)8-7-10-16(14,15)5;2*1-2;/h12-14H,6-11H2,1-5H3;1-2H3;1-2H;1H4/t12-,13?,14?,15-,16?;;;/m0.../s1. The second-order valence-corrected chi connectivity index (χ2v) is 7.16. The Morgan fingerprint density at radius 2 is 1.57 bits per heavy atom. The second-order valence-electron chi connectivity index (χ2n) is 7.16. The normalized spacial score (nSPS) is 38.5. The van der Waals surface area contributed by atoms with E-state index in [0.717, 1.165) is 17.8 Å². The Kier molecular flexibility index (Phi) is 10.4. The Labute approximate surface area is 136 Å². The van der Waals surface area contributed by atoms with Gasteiger partial charge in [-0.15, -0.1) is 12.8 Å². The van der Waals surface area contributed by atoms with Gasteiger partial charge in [0.05, 0.1) is 0 Å². The van der Waals surface area contributed by atoms with Crippen LogP contribution in [0, 0.1) is 41.4 Å². The predicted octanol–water partition coefficient (Wildman–Crippen LogP) is 7.19. The predicted molar refractivity (Wildman–Crippen MR) is 99.4 cm³/mol. The molecular formula is C21H42. The van der Waals surface area contributed by atoms with Crippen molar-refractivity contribution >= 4 is 0 Å². The summed E-state index contributed by atoms with van der Waals surface area (Å²) >= 11 is 0. The summed E-state index contributed by atoms with van der Waals surface area (Å²) < 4.78 is 0. The minimum Gasteiger partial charge on any atom is -0.124 e. The highest BCUT2D eigenvalue weighted by Gasteiger charge is 2.58. The highest BCUT2D eigenvalue weighted by Crippen LogP contribution is 2.66. The van der Waals surface area contributed by atoms with Gasteiger partial charge in [-0.1, -0.05) is 75.2 Å². The molecule has 0 saturated heterocycles. The van der Waals surface area contributed by atoms with Crippen LogP contribution in [0.1, 0.15) is 94.4 Å². The lowest BCUT2D eigenvalue weighted by molar-refractivity contribution is -0.0411. The fourth-order valence-electron chi connectivity index (χ4n) is 5.05. The molecule has 0 aromatic heterocycles. The average molecular weight is 295 g/mol. The summed E-state index contributed by atoms with van der Waals surface area (Å²) in [5, 5.41) is 0. The Hall–Kier alpha value is -0.440. The third-order valence-corrected chi connectivity index (χ3v) is 6.85. The Balaban J connectivity index is 0. The van der Waals surface area contributed by atoms with Crippen LogP contribution in [0.4, 0.5) is 0 Å². The lowest BCUT2D eigenvalue weighted by Crippen LogP contribution is -2.45. The minimum atomic E-state index is 0. The van der Waals surface area contributed by atoms with Crippen molar-refractivity contribution in [3.63, 3.8) is 0 Å². The lowest BCUT2D eigenvalue weighted by Gasteiger charge is -2.53. The van der Waals surface area contributed by atoms with Crippen molar-refractivity contribution < 1.29 is 0 Å². The summed E-state index contributed by atoms with van der Waals surface area (Å²) in [7, 11) is 0. The number of rotatable bonds is 2. The van der Waals surface area contributed by atoms with Crippen LogP contribution in [0.15, 0.2) is 0 Å². The zero-order valence-corrected chi connectivity index (χ0v) is 15.1. The van der Waals surface area contributed by atoms with E-state index in [-0.39, 0.29) is 7.43 Å². The molecule has 0 heterocycles. The van der Waals surface area contributed by atoms with Crippen molar-refractivity contribution in [2.75, 3.05) is 0 Å². The zero-order chi connectivity index (χ0) is 16.0. The molecule has 0 bridgehead atoms. The van der Waals surface area contributed by atoms with Crippen LogP contribution in [-0.4, -0.2) is 0 Å². The Morgan fingerprint density at radius 3 is 2.05 bits per heavy atom. The van der Waals surface area contributed by atoms with Gasteiger partial charge in [-0.25, -0.2) is 0 Å². The Morgan fingerprint density at radius 1 is 1.05 bits per heavy atom. The SMILES string of the molecule is C.C#C.CC.CC[C@H](C)C1CC[C@@]2(C)C(C)CCCC12C. The third-order valence-electron chi connectivity index (χ3n) is 6.85. The smallest absolute Gasteiger partial charge is 0.0239 e. The van der Waals surface area contributed by atoms with Gasteiger partial charge in [-0.3, -0.25) is 0 Å². The summed E-state index contributed by atoms with van der Waals surface area (Å²) in [6, 6.07) is 0. The summed E-state index contributed by atoms with van der Waals surface area (Å²) in [5.74, 6) is 2.86. The molecule has 0 N–H and O–H groups in total. The maximum Gasteiger partial charge on any atom is -0.0239 e. The molecule has 2 saturated carbocycles. The molecule has 0 nitrogen and oxygen atoms in total. The van der Waals surface area contributed by atoms with E-state index in [1.165, 1.54) is 38.5 Å². The van der Waals surface area contributed by atoms with Gasteiger partial charge in [0, 0.05) is 0 Å². The third kappa shape index (κ3) is 3.85. The van der Waals surface area contributed by atoms with E-state index in [4.69, 9.17) is 0 Å². The van der Waals surface area contributed by atoms with E-state index in [0.29, 0.717) is 10.8 Å². The molecule has 3 unspecified atom stereocenters. The minimum absolute atomic E-state index is 0. The lowest BCUT2D eigenvalue weighted by atomic mass is 9.52. The van der Waals surface area contributed by atoms with Crippen LogP contribution < -0.4 is 0 Å². The number of fused-ring (bicyclic) bond motifs is 1. The van der Waals surface area contributed by atoms with Gasteiger partial charge in [0.25, 0.3) is 0 Å². The Bertz CT molecular complexity index is 290. The highest BCUT2D eigenvalue weighted by atomic mass is 14.6. The van der Waals surface area contributed by atoms with Gasteiger partial charge in [0.2, 0.25) is 0 Å². The van der Waals surface area contributed by atoms with Gasteiger partial charge in [0.15, 0.2) is 0 Å². The van der Waals surface area contributed by atoms with Crippen LogP contribution in [0.3, 0.4) is 0 Å². The molecule has 2 rings (SSSR count). The summed E-state index contributed by atoms with van der Waals surface area (Å²) in [4.78, 5) is 0. The molecule has 2 aliphatic rings. The first-order valence-corrected chi connectivity index (χ1v) is 8.79. The molecule has 2 fully saturated rings. The van der Waals surface area contributed by atoms with E-state index in [1.54, 1.807) is 0 Å². The molecule has 0 amide bonds. The van der Waals surface area contributed by atoms with E-state index in [1.807, 2.05) is 13.8 Å².